The summed E-state index contributed by atoms with van der Waals surface area (Å²) in [6, 6.07) is 5.69. The van der Waals surface area contributed by atoms with Crippen LogP contribution >= 0.6 is 21.6 Å². The van der Waals surface area contributed by atoms with E-state index in [0.717, 1.165) is 5.03 Å². The van der Waals surface area contributed by atoms with E-state index in [-0.39, 0.29) is 19.8 Å². The lowest BCUT2D eigenvalue weighted by Crippen LogP contribution is -2.44. The first-order valence-electron chi connectivity index (χ1n) is 7.27. The normalized spacial score (nSPS) is 15.5. The van der Waals surface area contributed by atoms with E-state index in [9.17, 15) is 9.59 Å². The molecule has 1 saturated heterocycles. The van der Waals surface area contributed by atoms with Crippen LogP contribution in [0.25, 0.3) is 0 Å². The van der Waals surface area contributed by atoms with E-state index in [1.54, 1.807) is 23.9 Å². The molecule has 0 radical (unpaired) electrons. The predicted octanol–water partition coefficient (Wildman–Crippen LogP) is 3.56. The Hall–Kier alpha value is -1.41. The summed E-state index contributed by atoms with van der Waals surface area (Å²) in [4.78, 5) is 26.9. The Labute approximate surface area is 144 Å². The number of hydrogen-bond acceptors (Lipinski definition) is 8. The molecule has 0 spiro atoms. The number of carbonyl (C=O) groups excluding carboxylic acids is 2. The molecule has 0 amide bonds. The van der Waals surface area contributed by atoms with Gasteiger partial charge in [0.2, 0.25) is 0 Å². The maximum atomic E-state index is 11.9. The monoisotopic (exact) mass is 359 g/mol. The SMILES string of the molecule is CC.CC1(C(=O)OCCSSc2ccccn2)COC(=O)OC1. The number of pyridine rings is 1. The Morgan fingerprint density at radius 2 is 2.04 bits per heavy atom. The van der Waals surface area contributed by atoms with E-state index in [0.29, 0.717) is 5.75 Å². The van der Waals surface area contributed by atoms with Crippen LogP contribution in [-0.2, 0) is 19.0 Å². The minimum absolute atomic E-state index is 0.0134. The number of ether oxygens (including phenoxy) is 3. The number of carbonyl (C=O) groups is 2. The molecular weight excluding hydrogens is 338 g/mol. The first-order valence-corrected chi connectivity index (χ1v) is 9.59. The highest BCUT2D eigenvalue weighted by atomic mass is 33.1. The van der Waals surface area contributed by atoms with E-state index in [1.165, 1.54) is 10.8 Å². The van der Waals surface area contributed by atoms with E-state index in [1.807, 2.05) is 32.0 Å². The van der Waals surface area contributed by atoms with Crippen LogP contribution in [0.2, 0.25) is 0 Å². The molecule has 2 heterocycles. The Bertz CT molecular complexity index is 488. The van der Waals surface area contributed by atoms with Crippen LogP contribution in [0.15, 0.2) is 29.4 Å². The number of cyclic esters (lactones) is 2. The van der Waals surface area contributed by atoms with Crippen molar-refractivity contribution in [2.45, 2.75) is 25.8 Å². The fraction of sp³-hybridized carbons (Fsp3) is 0.533. The molecule has 128 valence electrons. The number of esters is 1. The third-order valence-electron chi connectivity index (χ3n) is 2.69. The van der Waals surface area contributed by atoms with Crippen molar-refractivity contribution in [3.63, 3.8) is 0 Å². The van der Waals surface area contributed by atoms with Gasteiger partial charge in [-0.15, -0.1) is 0 Å². The molecule has 6 nitrogen and oxygen atoms in total. The standard InChI is InChI=1S/C13H15NO5S2.C2H6/c1-13(8-18-12(16)19-9-13)11(15)17-6-7-20-21-10-4-2-3-5-14-10;1-2/h2-5H,6-9H2,1H3;1-2H3. The van der Waals surface area contributed by atoms with Gasteiger partial charge < -0.3 is 14.2 Å². The second kappa shape index (κ2) is 10.4. The van der Waals surface area contributed by atoms with Crippen LogP contribution in [0.1, 0.15) is 20.8 Å². The summed E-state index contributed by atoms with van der Waals surface area (Å²) in [5, 5.41) is 0.911. The van der Waals surface area contributed by atoms with Crippen molar-refractivity contribution < 1.29 is 23.8 Å². The molecule has 1 aromatic heterocycles. The number of aromatic nitrogens is 1. The summed E-state index contributed by atoms with van der Waals surface area (Å²) < 4.78 is 14.6. The van der Waals surface area contributed by atoms with Gasteiger partial charge in [0.1, 0.15) is 30.3 Å². The van der Waals surface area contributed by atoms with Crippen LogP contribution in [0, 0.1) is 5.41 Å². The highest BCUT2D eigenvalue weighted by Crippen LogP contribution is 2.29. The summed E-state index contributed by atoms with van der Waals surface area (Å²) in [7, 11) is 3.08. The van der Waals surface area contributed by atoms with Crippen molar-refractivity contribution >= 4 is 33.7 Å². The van der Waals surface area contributed by atoms with E-state index < -0.39 is 17.5 Å². The lowest BCUT2D eigenvalue weighted by molar-refractivity contribution is -0.165. The van der Waals surface area contributed by atoms with Gasteiger partial charge in [-0.05, 0) is 29.9 Å². The van der Waals surface area contributed by atoms with Crippen molar-refractivity contribution in [2.24, 2.45) is 5.41 Å². The molecule has 0 aliphatic carbocycles. The Balaban J connectivity index is 0.00000127. The lowest BCUT2D eigenvalue weighted by atomic mass is 9.93. The minimum atomic E-state index is -0.924. The zero-order chi connectivity index (χ0) is 17.1. The largest absolute Gasteiger partial charge is 0.508 e. The molecule has 0 N–H and O–H groups in total. The molecular formula is C15H21NO5S2. The maximum Gasteiger partial charge on any atom is 0.508 e. The van der Waals surface area contributed by atoms with Crippen molar-refractivity contribution in [2.75, 3.05) is 25.6 Å². The van der Waals surface area contributed by atoms with Crippen LogP contribution in [-0.4, -0.2) is 42.7 Å². The summed E-state index contributed by atoms with van der Waals surface area (Å²) >= 11 is 0. The molecule has 0 aromatic carbocycles. The average molecular weight is 359 g/mol. The van der Waals surface area contributed by atoms with Gasteiger partial charge in [0.25, 0.3) is 0 Å². The lowest BCUT2D eigenvalue weighted by Gasteiger charge is -2.29. The van der Waals surface area contributed by atoms with Crippen molar-refractivity contribution in [3.8, 4) is 0 Å². The molecule has 0 unspecified atom stereocenters. The highest BCUT2D eigenvalue weighted by Gasteiger charge is 2.41. The smallest absolute Gasteiger partial charge is 0.464 e. The number of nitrogens with zero attached hydrogens (tertiary/aromatic N) is 1. The van der Waals surface area contributed by atoms with Crippen LogP contribution in [0.3, 0.4) is 0 Å². The van der Waals surface area contributed by atoms with Crippen LogP contribution in [0.5, 0.6) is 0 Å². The molecule has 0 atom stereocenters. The second-order valence-electron chi connectivity index (χ2n) is 4.60. The quantitative estimate of drug-likeness (QED) is 0.433. The Morgan fingerprint density at radius 1 is 1.35 bits per heavy atom. The van der Waals surface area contributed by atoms with Crippen LogP contribution < -0.4 is 0 Å². The number of rotatable bonds is 6. The van der Waals surface area contributed by atoms with E-state index in [2.05, 4.69) is 4.98 Å². The number of hydrogen-bond donors (Lipinski definition) is 0. The molecule has 2 rings (SSSR count). The fourth-order valence-electron chi connectivity index (χ4n) is 1.48. The van der Waals surface area contributed by atoms with Crippen molar-refractivity contribution in [1.82, 2.24) is 4.98 Å². The molecule has 0 bridgehead atoms. The first-order chi connectivity index (χ1) is 11.1. The van der Waals surface area contributed by atoms with Crippen molar-refractivity contribution in [1.29, 1.82) is 0 Å². The van der Waals surface area contributed by atoms with Gasteiger partial charge in [0.15, 0.2) is 0 Å². The third kappa shape index (κ3) is 6.70. The predicted molar refractivity (Wildman–Crippen MR) is 90.3 cm³/mol. The summed E-state index contributed by atoms with van der Waals surface area (Å²) in [5.74, 6) is 0.224. The summed E-state index contributed by atoms with van der Waals surface area (Å²) in [6.45, 7) is 5.91. The molecule has 1 fully saturated rings. The first kappa shape index (κ1) is 19.6. The Kier molecular flexibility index (Phi) is 8.86. The van der Waals surface area contributed by atoms with Gasteiger partial charge in [0, 0.05) is 11.9 Å². The van der Waals surface area contributed by atoms with Gasteiger partial charge in [0.05, 0.1) is 0 Å². The maximum absolute atomic E-state index is 11.9. The van der Waals surface area contributed by atoms with Gasteiger partial charge in [-0.2, -0.15) is 0 Å². The van der Waals surface area contributed by atoms with E-state index in [4.69, 9.17) is 14.2 Å². The van der Waals surface area contributed by atoms with Gasteiger partial charge >= 0.3 is 12.1 Å². The molecule has 1 aromatic rings. The van der Waals surface area contributed by atoms with Crippen molar-refractivity contribution in [3.05, 3.63) is 24.4 Å². The molecule has 23 heavy (non-hydrogen) atoms. The zero-order valence-electron chi connectivity index (χ0n) is 13.4. The van der Waals surface area contributed by atoms with Gasteiger partial charge in [-0.1, -0.05) is 30.7 Å². The highest BCUT2D eigenvalue weighted by molar-refractivity contribution is 8.76. The Morgan fingerprint density at radius 3 is 2.65 bits per heavy atom. The van der Waals surface area contributed by atoms with E-state index >= 15 is 0 Å². The van der Waals surface area contributed by atoms with Crippen LogP contribution in [0.4, 0.5) is 4.79 Å². The third-order valence-corrected chi connectivity index (χ3v) is 4.92. The zero-order valence-corrected chi connectivity index (χ0v) is 15.1. The molecule has 1 aliphatic rings. The average Bonchev–Trinajstić information content (AvgIpc) is 2.60. The molecule has 1 aliphatic heterocycles. The minimum Gasteiger partial charge on any atom is -0.464 e. The summed E-state index contributed by atoms with van der Waals surface area (Å²) in [6.07, 6.45) is 0.983. The second-order valence-corrected chi connectivity index (χ2v) is 7.03. The molecule has 0 saturated carbocycles. The van der Waals surface area contributed by atoms with Gasteiger partial charge in [-0.25, -0.2) is 9.78 Å². The topological polar surface area (TPSA) is 74.7 Å². The fourth-order valence-corrected chi connectivity index (χ4v) is 3.18. The summed E-state index contributed by atoms with van der Waals surface area (Å²) in [5.41, 5.74) is -0.924. The molecule has 8 heteroatoms. The van der Waals surface area contributed by atoms with Gasteiger partial charge in [-0.3, -0.25) is 4.79 Å².